The van der Waals surface area contributed by atoms with Crippen LogP contribution in [0.4, 0.5) is 11.6 Å². The summed E-state index contributed by atoms with van der Waals surface area (Å²) in [5, 5.41) is 3.06. The van der Waals surface area contributed by atoms with Crippen molar-refractivity contribution in [1.82, 2.24) is 9.97 Å². The fourth-order valence-electron chi connectivity index (χ4n) is 2.62. The molecule has 1 N–H and O–H groups in total. The first-order chi connectivity index (χ1) is 9.36. The van der Waals surface area contributed by atoms with Gasteiger partial charge in [0, 0.05) is 32.1 Å². The molecule has 1 aliphatic heterocycles. The Bertz CT molecular complexity index is 541. The summed E-state index contributed by atoms with van der Waals surface area (Å²) in [6, 6.07) is 12.7. The number of nitrogens with one attached hydrogen (secondary N) is 1. The predicted molar refractivity (Wildman–Crippen MR) is 77.6 cm³/mol. The number of hydrogen-bond acceptors (Lipinski definition) is 4. The zero-order valence-corrected chi connectivity index (χ0v) is 11.1. The maximum atomic E-state index is 4.37. The van der Waals surface area contributed by atoms with E-state index in [-0.39, 0.29) is 0 Å². The lowest BCUT2D eigenvalue weighted by Crippen LogP contribution is -2.20. The number of hydrogen-bond donors (Lipinski definition) is 1. The van der Waals surface area contributed by atoms with Crippen LogP contribution in [0.25, 0.3) is 0 Å². The van der Waals surface area contributed by atoms with Gasteiger partial charge in [-0.15, -0.1) is 0 Å². The van der Waals surface area contributed by atoms with Gasteiger partial charge in [0.25, 0.3) is 0 Å². The van der Waals surface area contributed by atoms with Gasteiger partial charge in [-0.25, -0.2) is 9.97 Å². The monoisotopic (exact) mass is 254 g/mol. The Hall–Kier alpha value is -2.10. The van der Waals surface area contributed by atoms with Crippen LogP contribution >= 0.6 is 0 Å². The Morgan fingerprint density at radius 3 is 2.84 bits per heavy atom. The SMILES string of the molecule is CNc1cc(N2CCC(c3ccccc3)C2)ncn1. The Labute approximate surface area is 113 Å². The van der Waals surface area contributed by atoms with Crippen molar-refractivity contribution in [3.8, 4) is 0 Å². The van der Waals surface area contributed by atoms with Crippen LogP contribution in [0, 0.1) is 0 Å². The first kappa shape index (κ1) is 12.0. The van der Waals surface area contributed by atoms with Crippen molar-refractivity contribution in [3.63, 3.8) is 0 Å². The molecule has 1 atom stereocenters. The number of anilines is 2. The van der Waals surface area contributed by atoms with Gasteiger partial charge in [0.05, 0.1) is 0 Å². The van der Waals surface area contributed by atoms with Crippen LogP contribution in [0.2, 0.25) is 0 Å². The molecule has 1 unspecified atom stereocenters. The van der Waals surface area contributed by atoms with E-state index in [1.807, 2.05) is 13.1 Å². The molecule has 1 fully saturated rings. The van der Waals surface area contributed by atoms with E-state index >= 15 is 0 Å². The van der Waals surface area contributed by atoms with Gasteiger partial charge in [-0.3, -0.25) is 0 Å². The van der Waals surface area contributed by atoms with E-state index in [1.54, 1.807) is 6.33 Å². The molecule has 4 heteroatoms. The minimum atomic E-state index is 0.606. The van der Waals surface area contributed by atoms with Crippen molar-refractivity contribution in [2.45, 2.75) is 12.3 Å². The maximum Gasteiger partial charge on any atom is 0.134 e. The molecule has 1 saturated heterocycles. The van der Waals surface area contributed by atoms with E-state index in [1.165, 1.54) is 12.0 Å². The predicted octanol–water partition coefficient (Wildman–Crippen LogP) is 2.51. The molecule has 0 aliphatic carbocycles. The first-order valence-electron chi connectivity index (χ1n) is 6.66. The molecule has 0 bridgehead atoms. The average Bonchev–Trinajstić information content (AvgIpc) is 2.98. The van der Waals surface area contributed by atoms with E-state index in [0.717, 1.165) is 24.7 Å². The first-order valence-corrected chi connectivity index (χ1v) is 6.66. The van der Waals surface area contributed by atoms with Gasteiger partial charge in [-0.2, -0.15) is 0 Å². The zero-order valence-electron chi connectivity index (χ0n) is 11.1. The molecule has 2 heterocycles. The van der Waals surface area contributed by atoms with Gasteiger partial charge in [0.2, 0.25) is 0 Å². The summed E-state index contributed by atoms with van der Waals surface area (Å²) in [4.78, 5) is 10.9. The summed E-state index contributed by atoms with van der Waals surface area (Å²) < 4.78 is 0. The second kappa shape index (κ2) is 5.26. The largest absolute Gasteiger partial charge is 0.373 e. The molecular weight excluding hydrogens is 236 g/mol. The lowest BCUT2D eigenvalue weighted by Gasteiger charge is -2.18. The molecule has 1 aromatic heterocycles. The fourth-order valence-corrected chi connectivity index (χ4v) is 2.62. The van der Waals surface area contributed by atoms with Gasteiger partial charge < -0.3 is 10.2 Å². The standard InChI is InChI=1S/C15H18N4/c1-16-14-9-15(18-11-17-14)19-8-7-13(10-19)12-5-3-2-4-6-12/h2-6,9,11,13H,7-8,10H2,1H3,(H,16,17,18). The molecule has 2 aromatic rings. The molecule has 98 valence electrons. The molecule has 1 aromatic carbocycles. The van der Waals surface area contributed by atoms with Crippen molar-refractivity contribution in [2.24, 2.45) is 0 Å². The minimum absolute atomic E-state index is 0.606. The third-order valence-electron chi connectivity index (χ3n) is 3.69. The smallest absolute Gasteiger partial charge is 0.134 e. The summed E-state index contributed by atoms with van der Waals surface area (Å²) in [6.07, 6.45) is 2.81. The van der Waals surface area contributed by atoms with Crippen molar-refractivity contribution < 1.29 is 0 Å². The maximum absolute atomic E-state index is 4.37. The van der Waals surface area contributed by atoms with Crippen LogP contribution in [-0.4, -0.2) is 30.1 Å². The highest BCUT2D eigenvalue weighted by Gasteiger charge is 2.24. The fraction of sp³-hybridized carbons (Fsp3) is 0.333. The molecule has 0 radical (unpaired) electrons. The van der Waals surface area contributed by atoms with Crippen LogP contribution in [-0.2, 0) is 0 Å². The van der Waals surface area contributed by atoms with E-state index in [4.69, 9.17) is 0 Å². The highest BCUT2D eigenvalue weighted by Crippen LogP contribution is 2.29. The molecule has 4 nitrogen and oxygen atoms in total. The molecule has 19 heavy (non-hydrogen) atoms. The lowest BCUT2D eigenvalue weighted by molar-refractivity contribution is 0.774. The van der Waals surface area contributed by atoms with Crippen LogP contribution in [0.3, 0.4) is 0 Å². The zero-order chi connectivity index (χ0) is 13.1. The van der Waals surface area contributed by atoms with E-state index in [2.05, 4.69) is 50.5 Å². The van der Waals surface area contributed by atoms with Gasteiger partial charge >= 0.3 is 0 Å². The summed E-state index contributed by atoms with van der Waals surface area (Å²) in [5.74, 6) is 2.49. The highest BCUT2D eigenvalue weighted by atomic mass is 15.2. The number of rotatable bonds is 3. The summed E-state index contributed by atoms with van der Waals surface area (Å²) in [6.45, 7) is 2.09. The molecule has 0 amide bonds. The van der Waals surface area contributed by atoms with Crippen LogP contribution in [0.5, 0.6) is 0 Å². The molecular formula is C15H18N4. The van der Waals surface area contributed by atoms with Crippen molar-refractivity contribution in [1.29, 1.82) is 0 Å². The van der Waals surface area contributed by atoms with Gasteiger partial charge in [-0.05, 0) is 12.0 Å². The summed E-state index contributed by atoms with van der Waals surface area (Å²) in [5.41, 5.74) is 1.42. The lowest BCUT2D eigenvalue weighted by atomic mass is 9.99. The average molecular weight is 254 g/mol. The third-order valence-corrected chi connectivity index (χ3v) is 3.69. The van der Waals surface area contributed by atoms with E-state index in [9.17, 15) is 0 Å². The van der Waals surface area contributed by atoms with Crippen molar-refractivity contribution in [2.75, 3.05) is 30.4 Å². The Morgan fingerprint density at radius 2 is 2.05 bits per heavy atom. The molecule has 1 aliphatic rings. The highest BCUT2D eigenvalue weighted by molar-refractivity contribution is 5.49. The number of nitrogens with zero attached hydrogens (tertiary/aromatic N) is 3. The second-order valence-corrected chi connectivity index (χ2v) is 4.85. The van der Waals surface area contributed by atoms with Crippen molar-refractivity contribution >= 4 is 11.6 Å². The molecule has 3 rings (SSSR count). The normalized spacial score (nSPS) is 18.6. The quantitative estimate of drug-likeness (QED) is 0.913. The van der Waals surface area contributed by atoms with Crippen LogP contribution in [0.1, 0.15) is 17.9 Å². The van der Waals surface area contributed by atoms with Gasteiger partial charge in [0.15, 0.2) is 0 Å². The third kappa shape index (κ3) is 2.52. The number of aromatic nitrogens is 2. The summed E-state index contributed by atoms with van der Waals surface area (Å²) in [7, 11) is 1.88. The van der Waals surface area contributed by atoms with Crippen molar-refractivity contribution in [3.05, 3.63) is 48.3 Å². The van der Waals surface area contributed by atoms with Crippen LogP contribution in [0.15, 0.2) is 42.7 Å². The summed E-state index contributed by atoms with van der Waals surface area (Å²) >= 11 is 0. The number of benzene rings is 1. The van der Waals surface area contributed by atoms with Crippen LogP contribution < -0.4 is 10.2 Å². The van der Waals surface area contributed by atoms with E-state index in [0.29, 0.717) is 5.92 Å². The van der Waals surface area contributed by atoms with Gasteiger partial charge in [0.1, 0.15) is 18.0 Å². The minimum Gasteiger partial charge on any atom is -0.373 e. The Kier molecular flexibility index (Phi) is 3.31. The Morgan fingerprint density at radius 1 is 1.21 bits per heavy atom. The second-order valence-electron chi connectivity index (χ2n) is 4.85. The van der Waals surface area contributed by atoms with E-state index < -0.39 is 0 Å². The van der Waals surface area contributed by atoms with Gasteiger partial charge in [-0.1, -0.05) is 30.3 Å². The Balaban J connectivity index is 1.75. The molecule has 0 saturated carbocycles. The topological polar surface area (TPSA) is 41.0 Å². The molecule has 0 spiro atoms.